The van der Waals surface area contributed by atoms with Crippen molar-refractivity contribution in [3.63, 3.8) is 0 Å². The average Bonchev–Trinajstić information content (AvgIpc) is 2.29. The minimum Gasteiger partial charge on any atom is -0.333 e. The lowest BCUT2D eigenvalue weighted by molar-refractivity contribution is 0.693. The third-order valence-electron chi connectivity index (χ3n) is 1.93. The Bertz CT molecular complexity index is 268. The van der Waals surface area contributed by atoms with E-state index in [1.165, 1.54) is 5.69 Å². The maximum absolute atomic E-state index is 4.39. The second-order valence-corrected chi connectivity index (χ2v) is 3.46. The number of hydrogen-bond acceptors (Lipinski definition) is 2. The van der Waals surface area contributed by atoms with Crippen molar-refractivity contribution in [1.82, 2.24) is 14.9 Å². The average molecular weight is 232 g/mol. The van der Waals surface area contributed by atoms with Gasteiger partial charge in [0.15, 0.2) is 0 Å². The first-order valence-electron chi connectivity index (χ1n) is 4.05. The molecular weight excluding hydrogens is 218 g/mol. The summed E-state index contributed by atoms with van der Waals surface area (Å²) >= 11 is 3.44. The van der Waals surface area contributed by atoms with Crippen molar-refractivity contribution in [3.8, 4) is 0 Å². The number of imidazole rings is 1. The first kappa shape index (κ1) is 9.74. The topological polar surface area (TPSA) is 29.9 Å². The number of aromatic nitrogens is 2. The van der Waals surface area contributed by atoms with E-state index < -0.39 is 0 Å². The smallest absolute Gasteiger partial charge is 0.127 e. The van der Waals surface area contributed by atoms with E-state index >= 15 is 0 Å². The van der Waals surface area contributed by atoms with Crippen molar-refractivity contribution >= 4 is 15.9 Å². The first-order chi connectivity index (χ1) is 5.70. The quantitative estimate of drug-likeness (QED) is 0.855. The zero-order chi connectivity index (χ0) is 9.14. The molecule has 0 unspecified atom stereocenters. The highest BCUT2D eigenvalue weighted by Gasteiger charge is 2.09. The predicted octanol–water partition coefficient (Wildman–Crippen LogP) is 1.46. The Morgan fingerprint density at radius 2 is 2.25 bits per heavy atom. The molecule has 1 aromatic heterocycles. The molecule has 1 N–H and O–H groups in total. The molecule has 0 aliphatic heterocycles. The van der Waals surface area contributed by atoms with E-state index in [2.05, 4.69) is 37.7 Å². The van der Waals surface area contributed by atoms with Crippen LogP contribution in [0.4, 0.5) is 0 Å². The molecule has 0 spiro atoms. The van der Waals surface area contributed by atoms with E-state index in [0.717, 1.165) is 23.4 Å². The van der Waals surface area contributed by atoms with Gasteiger partial charge in [0.25, 0.3) is 0 Å². The Balaban J connectivity index is 3.00. The van der Waals surface area contributed by atoms with Crippen LogP contribution in [0.2, 0.25) is 0 Å². The van der Waals surface area contributed by atoms with Crippen LogP contribution in [0.25, 0.3) is 0 Å². The van der Waals surface area contributed by atoms with E-state index in [4.69, 9.17) is 0 Å². The predicted molar refractivity (Wildman–Crippen MR) is 53.0 cm³/mol. The van der Waals surface area contributed by atoms with Crippen LogP contribution < -0.4 is 5.32 Å². The summed E-state index contributed by atoms with van der Waals surface area (Å²) in [5.74, 6) is 1.07. The van der Waals surface area contributed by atoms with Gasteiger partial charge >= 0.3 is 0 Å². The fourth-order valence-electron chi connectivity index (χ4n) is 1.25. The van der Waals surface area contributed by atoms with Crippen LogP contribution in [0.5, 0.6) is 0 Å². The molecule has 0 aliphatic carbocycles. The van der Waals surface area contributed by atoms with Crippen LogP contribution in [-0.2, 0) is 20.0 Å². The van der Waals surface area contributed by atoms with Crippen molar-refractivity contribution in [2.75, 3.05) is 7.05 Å². The second-order valence-electron chi connectivity index (χ2n) is 2.71. The van der Waals surface area contributed by atoms with E-state index in [-0.39, 0.29) is 0 Å². The molecule has 0 saturated carbocycles. The Morgan fingerprint density at radius 3 is 2.67 bits per heavy atom. The van der Waals surface area contributed by atoms with Gasteiger partial charge in [-0.2, -0.15) is 0 Å². The molecule has 1 aromatic rings. The van der Waals surface area contributed by atoms with Gasteiger partial charge in [0, 0.05) is 7.05 Å². The molecule has 4 heteroatoms. The molecule has 0 saturated heterocycles. The Morgan fingerprint density at radius 1 is 1.58 bits per heavy atom. The molecule has 0 fully saturated rings. The van der Waals surface area contributed by atoms with Crippen molar-refractivity contribution in [3.05, 3.63) is 16.1 Å². The van der Waals surface area contributed by atoms with Crippen molar-refractivity contribution in [2.45, 2.75) is 19.9 Å². The summed E-state index contributed by atoms with van der Waals surface area (Å²) in [7, 11) is 3.97. The lowest BCUT2D eigenvalue weighted by Gasteiger charge is -2.02. The molecule has 0 bridgehead atoms. The monoisotopic (exact) mass is 231 g/mol. The molecule has 68 valence electrons. The van der Waals surface area contributed by atoms with E-state index in [1.54, 1.807) is 0 Å². The van der Waals surface area contributed by atoms with Crippen LogP contribution in [0.15, 0.2) is 4.60 Å². The standard InChI is InChI=1S/C8H14BrN3/c1-4-6-8(9)11-7(5-10-2)12(6)3/h10H,4-5H2,1-3H3. The van der Waals surface area contributed by atoms with Gasteiger partial charge < -0.3 is 9.88 Å². The third kappa shape index (κ3) is 1.69. The number of nitrogens with one attached hydrogen (secondary N) is 1. The molecule has 1 heterocycles. The van der Waals surface area contributed by atoms with Crippen molar-refractivity contribution < 1.29 is 0 Å². The highest BCUT2D eigenvalue weighted by molar-refractivity contribution is 9.10. The number of nitrogens with zero attached hydrogens (tertiary/aromatic N) is 2. The van der Waals surface area contributed by atoms with Gasteiger partial charge in [-0.05, 0) is 29.4 Å². The van der Waals surface area contributed by atoms with Gasteiger partial charge in [-0.15, -0.1) is 0 Å². The lowest BCUT2D eigenvalue weighted by Crippen LogP contribution is -2.11. The zero-order valence-corrected chi connectivity index (χ0v) is 9.27. The molecule has 3 nitrogen and oxygen atoms in total. The Labute approximate surface area is 81.3 Å². The van der Waals surface area contributed by atoms with Gasteiger partial charge in [0.05, 0.1) is 12.2 Å². The number of hydrogen-bond donors (Lipinski definition) is 1. The molecule has 0 aromatic carbocycles. The van der Waals surface area contributed by atoms with Crippen LogP contribution in [0.3, 0.4) is 0 Å². The normalized spacial score (nSPS) is 10.7. The first-order valence-corrected chi connectivity index (χ1v) is 4.84. The molecule has 0 amide bonds. The number of rotatable bonds is 3. The Hall–Kier alpha value is -0.350. The fourth-order valence-corrected chi connectivity index (χ4v) is 2.00. The largest absolute Gasteiger partial charge is 0.333 e. The summed E-state index contributed by atoms with van der Waals surface area (Å²) in [6.45, 7) is 2.94. The molecule has 0 aliphatic rings. The minimum absolute atomic E-state index is 0.815. The summed E-state index contributed by atoms with van der Waals surface area (Å²) in [5, 5.41) is 3.09. The Kier molecular flexibility index (Phi) is 3.29. The minimum atomic E-state index is 0.815. The lowest BCUT2D eigenvalue weighted by atomic mass is 10.4. The van der Waals surface area contributed by atoms with Crippen LogP contribution in [-0.4, -0.2) is 16.6 Å². The molecule has 0 radical (unpaired) electrons. The molecule has 12 heavy (non-hydrogen) atoms. The second kappa shape index (κ2) is 4.05. The highest BCUT2D eigenvalue weighted by atomic mass is 79.9. The van der Waals surface area contributed by atoms with Gasteiger partial charge in [-0.3, -0.25) is 0 Å². The van der Waals surface area contributed by atoms with E-state index in [9.17, 15) is 0 Å². The highest BCUT2D eigenvalue weighted by Crippen LogP contribution is 2.16. The SMILES string of the molecule is CCc1c(Br)nc(CNC)n1C. The van der Waals surface area contributed by atoms with Gasteiger partial charge in [0.1, 0.15) is 10.4 Å². The maximum Gasteiger partial charge on any atom is 0.127 e. The zero-order valence-electron chi connectivity index (χ0n) is 7.69. The summed E-state index contributed by atoms with van der Waals surface area (Å²) < 4.78 is 3.10. The van der Waals surface area contributed by atoms with Gasteiger partial charge in [-0.25, -0.2) is 4.98 Å². The van der Waals surface area contributed by atoms with Crippen LogP contribution in [0.1, 0.15) is 18.4 Å². The van der Waals surface area contributed by atoms with Crippen molar-refractivity contribution in [1.29, 1.82) is 0 Å². The maximum atomic E-state index is 4.39. The van der Waals surface area contributed by atoms with Gasteiger partial charge in [-0.1, -0.05) is 6.92 Å². The van der Waals surface area contributed by atoms with Gasteiger partial charge in [0.2, 0.25) is 0 Å². The number of halogens is 1. The van der Waals surface area contributed by atoms with Crippen LogP contribution >= 0.6 is 15.9 Å². The van der Waals surface area contributed by atoms with Crippen molar-refractivity contribution in [2.24, 2.45) is 7.05 Å². The van der Waals surface area contributed by atoms with E-state index in [1.807, 2.05) is 14.1 Å². The summed E-state index contributed by atoms with van der Waals surface area (Å²) in [6.07, 6.45) is 1.01. The molecule has 0 atom stereocenters. The summed E-state index contributed by atoms with van der Waals surface area (Å²) in [6, 6.07) is 0. The van der Waals surface area contributed by atoms with E-state index in [0.29, 0.717) is 0 Å². The summed E-state index contributed by atoms with van der Waals surface area (Å²) in [5.41, 5.74) is 1.25. The fraction of sp³-hybridized carbons (Fsp3) is 0.625. The summed E-state index contributed by atoms with van der Waals surface area (Å²) in [4.78, 5) is 4.39. The third-order valence-corrected chi connectivity index (χ3v) is 2.56. The van der Waals surface area contributed by atoms with Crippen LogP contribution in [0, 0.1) is 0 Å². The molecular formula is C8H14BrN3. The molecule has 1 rings (SSSR count).